The number of amides is 2. The van der Waals surface area contributed by atoms with Gasteiger partial charge in [0, 0.05) is 15.8 Å². The number of rotatable bonds is 5. The normalized spacial score (nSPS) is 14.5. The maximum Gasteiger partial charge on any atom is 0.272 e. The van der Waals surface area contributed by atoms with E-state index in [9.17, 15) is 9.59 Å². The summed E-state index contributed by atoms with van der Waals surface area (Å²) in [6, 6.07) is 11.8. The number of aliphatic hydroxyl groups is 1. The van der Waals surface area contributed by atoms with Gasteiger partial charge in [-0.05, 0) is 42.3 Å². The zero-order valence-electron chi connectivity index (χ0n) is 13.8. The molecule has 134 valence electrons. The largest absolute Gasteiger partial charge is 0.396 e. The number of anilines is 1. The molecule has 7 heteroatoms. The number of aryl methyl sites for hydroxylation is 1. The van der Waals surface area contributed by atoms with E-state index in [-0.39, 0.29) is 6.61 Å². The molecule has 0 fully saturated rings. The maximum atomic E-state index is 13.1. The first-order valence-corrected chi connectivity index (χ1v) is 9.57. The molecule has 0 saturated carbocycles. The quantitative estimate of drug-likeness (QED) is 0.750. The minimum absolute atomic E-state index is 0.0973. The summed E-state index contributed by atoms with van der Waals surface area (Å²) in [6.07, 6.45) is 0. The van der Waals surface area contributed by atoms with Crippen molar-refractivity contribution in [2.24, 2.45) is 0 Å². The van der Waals surface area contributed by atoms with Crippen molar-refractivity contribution < 1.29 is 14.7 Å². The average molecular weight is 408 g/mol. The fourth-order valence-corrected chi connectivity index (χ4v) is 3.78. The Morgan fingerprint density at radius 2 is 1.73 bits per heavy atom. The van der Waals surface area contributed by atoms with Crippen LogP contribution in [-0.2, 0) is 9.59 Å². The second kappa shape index (κ2) is 7.84. The third kappa shape index (κ3) is 3.53. The van der Waals surface area contributed by atoms with E-state index in [0.717, 1.165) is 22.2 Å². The number of carbonyl (C=O) groups excluding carboxylic acids is 2. The standard InChI is InChI=1S/C19H15Cl2NO3S/c1-11-2-7-14(10-15(11)21)22-18(24)16(12-3-5-13(20)6-4-12)17(19(22)25)26-9-8-23/h2-7,10,23H,8-9H2,1H3. The van der Waals surface area contributed by atoms with E-state index in [2.05, 4.69) is 0 Å². The smallest absolute Gasteiger partial charge is 0.272 e. The molecule has 0 aromatic heterocycles. The van der Waals surface area contributed by atoms with Gasteiger partial charge in [-0.1, -0.05) is 41.4 Å². The Bertz CT molecular complexity index is 910. The van der Waals surface area contributed by atoms with Gasteiger partial charge in [0.15, 0.2) is 0 Å². The Morgan fingerprint density at radius 1 is 1.04 bits per heavy atom. The number of halogens is 2. The molecule has 26 heavy (non-hydrogen) atoms. The molecule has 1 aliphatic heterocycles. The van der Waals surface area contributed by atoms with Gasteiger partial charge in [0.05, 0.1) is 22.8 Å². The summed E-state index contributed by atoms with van der Waals surface area (Å²) in [5.74, 6) is -0.524. The number of carbonyl (C=O) groups is 2. The van der Waals surface area contributed by atoms with Gasteiger partial charge in [-0.2, -0.15) is 0 Å². The molecule has 0 aliphatic carbocycles. The minimum atomic E-state index is -0.419. The lowest BCUT2D eigenvalue weighted by atomic mass is 10.1. The van der Waals surface area contributed by atoms with Crippen LogP contribution in [-0.4, -0.2) is 29.3 Å². The Balaban J connectivity index is 2.07. The predicted octanol–water partition coefficient (Wildman–Crippen LogP) is 4.31. The average Bonchev–Trinajstić information content (AvgIpc) is 2.86. The predicted molar refractivity (Wildman–Crippen MR) is 107 cm³/mol. The van der Waals surface area contributed by atoms with Crippen LogP contribution in [0.25, 0.3) is 5.57 Å². The lowest BCUT2D eigenvalue weighted by Gasteiger charge is -2.16. The van der Waals surface area contributed by atoms with Gasteiger partial charge in [0.2, 0.25) is 0 Å². The molecule has 0 radical (unpaired) electrons. The van der Waals surface area contributed by atoms with Crippen molar-refractivity contribution in [2.75, 3.05) is 17.3 Å². The van der Waals surface area contributed by atoms with Gasteiger partial charge >= 0.3 is 0 Å². The molecule has 2 aromatic rings. The number of imide groups is 1. The summed E-state index contributed by atoms with van der Waals surface area (Å²) in [5, 5.41) is 10.2. The SMILES string of the molecule is Cc1ccc(N2C(=O)C(SCCO)=C(c3ccc(Cl)cc3)C2=O)cc1Cl. The van der Waals surface area contributed by atoms with Gasteiger partial charge in [-0.3, -0.25) is 9.59 Å². The van der Waals surface area contributed by atoms with Crippen molar-refractivity contribution in [3.05, 3.63) is 68.5 Å². The van der Waals surface area contributed by atoms with Gasteiger partial charge in [-0.15, -0.1) is 11.8 Å². The van der Waals surface area contributed by atoms with E-state index < -0.39 is 11.8 Å². The van der Waals surface area contributed by atoms with Crippen LogP contribution >= 0.6 is 35.0 Å². The zero-order chi connectivity index (χ0) is 18.8. The lowest BCUT2D eigenvalue weighted by molar-refractivity contribution is -0.119. The highest BCUT2D eigenvalue weighted by molar-refractivity contribution is 8.04. The van der Waals surface area contributed by atoms with Crippen LogP contribution in [0.1, 0.15) is 11.1 Å². The van der Waals surface area contributed by atoms with Crippen molar-refractivity contribution >= 4 is 58.0 Å². The van der Waals surface area contributed by atoms with Crippen LogP contribution in [0.15, 0.2) is 47.4 Å². The number of thioether (sulfide) groups is 1. The van der Waals surface area contributed by atoms with Crippen LogP contribution < -0.4 is 4.90 Å². The molecular weight excluding hydrogens is 393 g/mol. The Kier molecular flexibility index (Phi) is 5.73. The van der Waals surface area contributed by atoms with E-state index >= 15 is 0 Å². The monoisotopic (exact) mass is 407 g/mol. The Labute approximate surface area is 165 Å². The maximum absolute atomic E-state index is 13.1. The first kappa shape index (κ1) is 19.0. The van der Waals surface area contributed by atoms with E-state index in [0.29, 0.717) is 37.5 Å². The molecule has 2 amide bonds. The molecule has 0 saturated heterocycles. The van der Waals surface area contributed by atoms with Crippen LogP contribution in [0.3, 0.4) is 0 Å². The summed E-state index contributed by atoms with van der Waals surface area (Å²) >= 11 is 13.3. The Morgan fingerprint density at radius 3 is 2.35 bits per heavy atom. The van der Waals surface area contributed by atoms with Crippen molar-refractivity contribution in [1.29, 1.82) is 0 Å². The molecule has 2 aromatic carbocycles. The van der Waals surface area contributed by atoms with E-state index in [4.69, 9.17) is 28.3 Å². The van der Waals surface area contributed by atoms with Crippen molar-refractivity contribution in [1.82, 2.24) is 0 Å². The molecule has 1 heterocycles. The minimum Gasteiger partial charge on any atom is -0.396 e. The highest BCUT2D eigenvalue weighted by atomic mass is 35.5. The molecule has 1 aliphatic rings. The topological polar surface area (TPSA) is 57.6 Å². The Hall–Kier alpha value is -1.79. The van der Waals surface area contributed by atoms with Crippen molar-refractivity contribution in [3.8, 4) is 0 Å². The zero-order valence-corrected chi connectivity index (χ0v) is 16.2. The summed E-state index contributed by atoms with van der Waals surface area (Å²) in [6.45, 7) is 1.75. The second-order valence-electron chi connectivity index (χ2n) is 5.66. The number of hydrogen-bond donors (Lipinski definition) is 1. The van der Waals surface area contributed by atoms with E-state index in [1.807, 2.05) is 6.92 Å². The van der Waals surface area contributed by atoms with Gasteiger partial charge < -0.3 is 5.11 Å². The first-order chi connectivity index (χ1) is 12.4. The van der Waals surface area contributed by atoms with Gasteiger partial charge in [0.25, 0.3) is 11.8 Å². The van der Waals surface area contributed by atoms with Crippen LogP contribution in [0.5, 0.6) is 0 Å². The van der Waals surface area contributed by atoms with Crippen LogP contribution in [0.4, 0.5) is 5.69 Å². The molecular formula is C19H15Cl2NO3S. The molecule has 0 spiro atoms. The fraction of sp³-hybridized carbons (Fsp3) is 0.158. The van der Waals surface area contributed by atoms with Crippen LogP contribution in [0, 0.1) is 6.92 Å². The second-order valence-corrected chi connectivity index (χ2v) is 7.61. The number of benzene rings is 2. The summed E-state index contributed by atoms with van der Waals surface area (Å²) in [4.78, 5) is 27.4. The lowest BCUT2D eigenvalue weighted by Crippen LogP contribution is -2.31. The summed E-state index contributed by atoms with van der Waals surface area (Å²) in [7, 11) is 0. The number of hydrogen-bond acceptors (Lipinski definition) is 4. The molecule has 0 unspecified atom stereocenters. The molecule has 4 nitrogen and oxygen atoms in total. The fourth-order valence-electron chi connectivity index (χ4n) is 2.62. The molecule has 3 rings (SSSR count). The highest BCUT2D eigenvalue weighted by Gasteiger charge is 2.40. The van der Waals surface area contributed by atoms with Crippen LogP contribution in [0.2, 0.25) is 10.0 Å². The summed E-state index contributed by atoms with van der Waals surface area (Å²) in [5.41, 5.74) is 2.19. The summed E-state index contributed by atoms with van der Waals surface area (Å²) < 4.78 is 0. The molecule has 0 atom stereocenters. The van der Waals surface area contributed by atoms with Crippen molar-refractivity contribution in [2.45, 2.75) is 6.92 Å². The molecule has 0 bridgehead atoms. The van der Waals surface area contributed by atoms with Crippen molar-refractivity contribution in [3.63, 3.8) is 0 Å². The third-order valence-electron chi connectivity index (χ3n) is 3.93. The first-order valence-electron chi connectivity index (χ1n) is 7.83. The number of aliphatic hydroxyl groups excluding tert-OH is 1. The van der Waals surface area contributed by atoms with Gasteiger partial charge in [-0.25, -0.2) is 4.90 Å². The highest BCUT2D eigenvalue weighted by Crippen LogP contribution is 2.39. The third-order valence-corrected chi connectivity index (χ3v) is 5.64. The number of nitrogens with zero attached hydrogens (tertiary/aromatic N) is 1. The molecule has 1 N–H and O–H groups in total. The van der Waals surface area contributed by atoms with E-state index in [1.54, 1.807) is 42.5 Å². The van der Waals surface area contributed by atoms with E-state index in [1.165, 1.54) is 0 Å². The van der Waals surface area contributed by atoms with Gasteiger partial charge in [0.1, 0.15) is 0 Å².